The van der Waals surface area contributed by atoms with E-state index in [4.69, 9.17) is 4.98 Å². The summed E-state index contributed by atoms with van der Waals surface area (Å²) in [7, 11) is 5.24. The van der Waals surface area contributed by atoms with E-state index in [2.05, 4.69) is 0 Å². The van der Waals surface area contributed by atoms with Crippen LogP contribution in [-0.4, -0.2) is 57.0 Å². The van der Waals surface area contributed by atoms with E-state index in [0.717, 1.165) is 35.1 Å². The van der Waals surface area contributed by atoms with E-state index in [-0.39, 0.29) is 17.5 Å². The number of hydrogen-bond acceptors (Lipinski definition) is 5. The predicted octanol–water partition coefficient (Wildman–Crippen LogP) is 1.76. The minimum Gasteiger partial charge on any atom is -0.333 e. The zero-order valence-corrected chi connectivity index (χ0v) is 18.8. The average Bonchev–Trinajstić information content (AvgIpc) is 2.80. The predicted molar refractivity (Wildman–Crippen MR) is 124 cm³/mol. The minimum absolute atomic E-state index is 0.0623. The fraction of sp³-hybridized carbons (Fsp3) is 0.417. The lowest BCUT2D eigenvalue weighted by Gasteiger charge is -2.36. The molecule has 1 fully saturated rings. The first-order valence-corrected chi connectivity index (χ1v) is 11.0. The molecule has 4 rings (SSSR count). The SMILES string of the molecule is CN(C)CC(=O)N1CCCC[C@@H]1c1ccc2c(=O)n(C)c(=O)n(Cc3ccccc3)c2n1. The van der Waals surface area contributed by atoms with Crippen molar-refractivity contribution in [3.63, 3.8) is 0 Å². The fourth-order valence-electron chi connectivity index (χ4n) is 4.37. The van der Waals surface area contributed by atoms with Crippen LogP contribution in [-0.2, 0) is 18.4 Å². The molecule has 1 aliphatic heterocycles. The molecular weight excluding hydrogens is 406 g/mol. The molecule has 168 valence electrons. The Morgan fingerprint density at radius 1 is 1.09 bits per heavy atom. The number of likely N-dealkylation sites (tertiary alicyclic amines) is 1. The number of carbonyl (C=O) groups excluding carboxylic acids is 1. The van der Waals surface area contributed by atoms with Crippen LogP contribution in [0.1, 0.15) is 36.6 Å². The van der Waals surface area contributed by atoms with Gasteiger partial charge in [0.2, 0.25) is 5.91 Å². The van der Waals surface area contributed by atoms with Gasteiger partial charge in [-0.2, -0.15) is 0 Å². The van der Waals surface area contributed by atoms with Gasteiger partial charge in [-0.15, -0.1) is 0 Å². The van der Waals surface area contributed by atoms with Crippen molar-refractivity contribution in [1.29, 1.82) is 0 Å². The maximum absolute atomic E-state index is 13.0. The van der Waals surface area contributed by atoms with Gasteiger partial charge in [0.25, 0.3) is 5.56 Å². The molecule has 0 unspecified atom stereocenters. The summed E-state index contributed by atoms with van der Waals surface area (Å²) >= 11 is 0. The molecule has 8 heteroatoms. The van der Waals surface area contributed by atoms with Gasteiger partial charge in [0.1, 0.15) is 5.65 Å². The maximum Gasteiger partial charge on any atom is 0.332 e. The highest BCUT2D eigenvalue weighted by atomic mass is 16.2. The third-order valence-corrected chi connectivity index (χ3v) is 6.00. The van der Waals surface area contributed by atoms with Gasteiger partial charge in [-0.1, -0.05) is 30.3 Å². The Bertz CT molecular complexity index is 1250. The van der Waals surface area contributed by atoms with E-state index in [9.17, 15) is 14.4 Å². The van der Waals surface area contributed by atoms with Gasteiger partial charge in [-0.25, -0.2) is 9.78 Å². The van der Waals surface area contributed by atoms with Crippen LogP contribution in [0.3, 0.4) is 0 Å². The molecule has 0 bridgehead atoms. The quantitative estimate of drug-likeness (QED) is 0.610. The molecule has 0 spiro atoms. The molecule has 3 heterocycles. The molecule has 1 amide bonds. The lowest BCUT2D eigenvalue weighted by molar-refractivity contribution is -0.135. The molecule has 3 aromatic rings. The molecule has 1 atom stereocenters. The number of carbonyl (C=O) groups is 1. The summed E-state index contributed by atoms with van der Waals surface area (Å²) in [5, 5.41) is 0.397. The Labute approximate surface area is 186 Å². The number of fused-ring (bicyclic) bond motifs is 1. The second-order valence-corrected chi connectivity index (χ2v) is 8.66. The smallest absolute Gasteiger partial charge is 0.332 e. The molecule has 0 saturated carbocycles. The fourth-order valence-corrected chi connectivity index (χ4v) is 4.37. The van der Waals surface area contributed by atoms with E-state index in [1.54, 1.807) is 10.6 Å². The topological polar surface area (TPSA) is 80.4 Å². The summed E-state index contributed by atoms with van der Waals surface area (Å²) in [6, 6.07) is 13.0. The zero-order valence-electron chi connectivity index (χ0n) is 18.8. The summed E-state index contributed by atoms with van der Waals surface area (Å²) in [5.74, 6) is 0.0623. The van der Waals surface area contributed by atoms with Gasteiger partial charge >= 0.3 is 5.69 Å². The summed E-state index contributed by atoms with van der Waals surface area (Å²) in [6.07, 6.45) is 2.78. The molecule has 1 aromatic carbocycles. The number of rotatable bonds is 5. The van der Waals surface area contributed by atoms with Gasteiger partial charge in [0.15, 0.2) is 0 Å². The molecular formula is C24H29N5O3. The average molecular weight is 436 g/mol. The van der Waals surface area contributed by atoms with Crippen molar-refractivity contribution in [2.75, 3.05) is 27.2 Å². The molecule has 1 aliphatic rings. The number of pyridine rings is 1. The van der Waals surface area contributed by atoms with E-state index in [1.165, 1.54) is 7.05 Å². The molecule has 32 heavy (non-hydrogen) atoms. The van der Waals surface area contributed by atoms with Gasteiger partial charge in [0.05, 0.1) is 30.2 Å². The number of nitrogens with zero attached hydrogens (tertiary/aromatic N) is 5. The van der Waals surface area contributed by atoms with Crippen molar-refractivity contribution in [1.82, 2.24) is 23.9 Å². The van der Waals surface area contributed by atoms with Crippen LogP contribution in [0.15, 0.2) is 52.1 Å². The van der Waals surface area contributed by atoms with E-state index >= 15 is 0 Å². The first-order valence-electron chi connectivity index (χ1n) is 11.0. The molecule has 0 aliphatic carbocycles. The molecule has 0 N–H and O–H groups in total. The Morgan fingerprint density at radius 2 is 1.84 bits per heavy atom. The first kappa shape index (κ1) is 22.0. The van der Waals surface area contributed by atoms with Crippen LogP contribution in [0, 0.1) is 0 Å². The summed E-state index contributed by atoms with van der Waals surface area (Å²) in [4.78, 5) is 47.2. The maximum atomic E-state index is 13.0. The summed E-state index contributed by atoms with van der Waals surface area (Å²) < 4.78 is 2.67. The van der Waals surface area contributed by atoms with Gasteiger partial charge < -0.3 is 9.80 Å². The first-order chi connectivity index (χ1) is 15.4. The summed E-state index contributed by atoms with van der Waals surface area (Å²) in [5.41, 5.74) is 1.27. The van der Waals surface area contributed by atoms with Gasteiger partial charge in [0, 0.05) is 13.6 Å². The molecule has 8 nitrogen and oxygen atoms in total. The zero-order chi connectivity index (χ0) is 22.8. The number of aromatic nitrogens is 3. The van der Waals surface area contributed by atoms with Crippen LogP contribution >= 0.6 is 0 Å². The highest BCUT2D eigenvalue weighted by Gasteiger charge is 2.29. The van der Waals surface area contributed by atoms with Crippen molar-refractivity contribution in [2.45, 2.75) is 31.8 Å². The van der Waals surface area contributed by atoms with Crippen molar-refractivity contribution in [2.24, 2.45) is 7.05 Å². The monoisotopic (exact) mass is 435 g/mol. The standard InChI is InChI=1S/C24H29N5O3/c1-26(2)16-21(30)28-14-8-7-11-20(28)19-13-12-18-22(25-19)29(24(32)27(3)23(18)31)15-17-9-5-4-6-10-17/h4-6,9-10,12-13,20H,7-8,11,14-16H2,1-3H3/t20-/m1/s1. The number of piperidine rings is 1. The van der Waals surface area contributed by atoms with Gasteiger partial charge in [-0.05, 0) is 51.1 Å². The number of hydrogen-bond donors (Lipinski definition) is 0. The number of likely N-dealkylation sites (N-methyl/N-ethyl adjacent to an activating group) is 1. The Hall–Kier alpha value is -3.26. The number of amides is 1. The second-order valence-electron chi connectivity index (χ2n) is 8.66. The summed E-state index contributed by atoms with van der Waals surface area (Å²) in [6.45, 7) is 1.34. The van der Waals surface area contributed by atoms with Crippen LogP contribution in [0.5, 0.6) is 0 Å². The van der Waals surface area contributed by atoms with Crippen LogP contribution < -0.4 is 11.2 Å². The number of benzene rings is 1. The Kier molecular flexibility index (Phi) is 6.23. The van der Waals surface area contributed by atoms with Crippen molar-refractivity contribution in [3.8, 4) is 0 Å². The third-order valence-electron chi connectivity index (χ3n) is 6.00. The normalized spacial score (nSPS) is 16.6. The Morgan fingerprint density at radius 3 is 2.56 bits per heavy atom. The minimum atomic E-state index is -0.403. The highest BCUT2D eigenvalue weighted by molar-refractivity contribution is 5.79. The van der Waals surface area contributed by atoms with Gasteiger partial charge in [-0.3, -0.25) is 18.7 Å². The molecule has 2 aromatic heterocycles. The third kappa shape index (κ3) is 4.23. The van der Waals surface area contributed by atoms with Crippen LogP contribution in [0.2, 0.25) is 0 Å². The van der Waals surface area contributed by atoms with Crippen molar-refractivity contribution >= 4 is 16.9 Å². The highest BCUT2D eigenvalue weighted by Crippen LogP contribution is 2.30. The molecule has 1 saturated heterocycles. The van der Waals surface area contributed by atoms with E-state index in [0.29, 0.717) is 30.7 Å². The molecule has 0 radical (unpaired) electrons. The van der Waals surface area contributed by atoms with Crippen LogP contribution in [0.25, 0.3) is 11.0 Å². The Balaban J connectivity index is 1.82. The van der Waals surface area contributed by atoms with Crippen molar-refractivity contribution < 1.29 is 4.79 Å². The van der Waals surface area contributed by atoms with E-state index < -0.39 is 5.69 Å². The van der Waals surface area contributed by atoms with E-state index in [1.807, 2.05) is 60.3 Å². The lowest BCUT2D eigenvalue weighted by atomic mass is 9.98. The lowest BCUT2D eigenvalue weighted by Crippen LogP contribution is -2.43. The largest absolute Gasteiger partial charge is 0.333 e. The second kappa shape index (κ2) is 9.08. The van der Waals surface area contributed by atoms with Crippen LogP contribution in [0.4, 0.5) is 0 Å². The van der Waals surface area contributed by atoms with Crippen molar-refractivity contribution in [3.05, 3.63) is 74.6 Å².